The first-order valence-electron chi connectivity index (χ1n) is 6.69. The molecule has 1 aliphatic heterocycles. The Labute approximate surface area is 113 Å². The first-order chi connectivity index (χ1) is 9.14. The van der Waals surface area contributed by atoms with Crippen LogP contribution < -0.4 is 5.32 Å². The van der Waals surface area contributed by atoms with Gasteiger partial charge in [0.05, 0.1) is 12.7 Å². The fourth-order valence-electron chi connectivity index (χ4n) is 2.30. The van der Waals surface area contributed by atoms with Crippen LogP contribution in [0.2, 0.25) is 0 Å². The van der Waals surface area contributed by atoms with Crippen LogP contribution in [-0.4, -0.2) is 43.9 Å². The quantitative estimate of drug-likeness (QED) is 0.251. The van der Waals surface area contributed by atoms with Crippen molar-refractivity contribution in [2.75, 3.05) is 26.3 Å². The van der Waals surface area contributed by atoms with E-state index in [0.717, 1.165) is 0 Å². The van der Waals surface area contributed by atoms with E-state index in [9.17, 15) is 4.79 Å². The lowest BCUT2D eigenvalue weighted by Crippen LogP contribution is -2.58. The normalized spacial score (nSPS) is 26.5. The Hall–Kier alpha value is -1.30. The molecule has 1 saturated heterocycles. The lowest BCUT2D eigenvalue weighted by Gasteiger charge is -2.38. The summed E-state index contributed by atoms with van der Waals surface area (Å²) in [7, 11) is 0. The Morgan fingerprint density at radius 3 is 3.11 bits per heavy atom. The fraction of sp³-hybridized carbons (Fsp3) is 0.917. The Morgan fingerprint density at radius 2 is 2.47 bits per heavy atom. The van der Waals surface area contributed by atoms with Crippen molar-refractivity contribution < 1.29 is 14.3 Å². The Balaban J connectivity index is 2.58. The molecule has 7 heteroatoms. The minimum Gasteiger partial charge on any atom is -0.465 e. The Bertz CT molecular complexity index is 344. The van der Waals surface area contributed by atoms with Crippen LogP contribution >= 0.6 is 0 Å². The monoisotopic (exact) mass is 270 g/mol. The second-order valence-electron chi connectivity index (χ2n) is 4.67. The van der Waals surface area contributed by atoms with Gasteiger partial charge < -0.3 is 14.8 Å². The average Bonchev–Trinajstić information content (AvgIpc) is 2.39. The summed E-state index contributed by atoms with van der Waals surface area (Å²) in [6, 6.07) is 0. The Morgan fingerprint density at radius 1 is 1.68 bits per heavy atom. The third-order valence-corrected chi connectivity index (χ3v) is 3.19. The van der Waals surface area contributed by atoms with E-state index in [-0.39, 0.29) is 12.1 Å². The number of nitrogens with zero attached hydrogens (tertiary/aromatic N) is 3. The standard InChI is InChI=1S/C12H22N4O3/c1-3-18-11(17)12(5-8-19-10(2)9-12)14-6-4-7-15-16-13/h10,14H,3-9H2,1-2H3. The lowest BCUT2D eigenvalue weighted by atomic mass is 9.86. The summed E-state index contributed by atoms with van der Waals surface area (Å²) in [5, 5.41) is 6.74. The summed E-state index contributed by atoms with van der Waals surface area (Å²) in [6.45, 7) is 5.71. The minimum absolute atomic E-state index is 0.0304. The molecule has 1 N–H and O–H groups in total. The van der Waals surface area contributed by atoms with Gasteiger partial charge in [0.2, 0.25) is 0 Å². The maximum absolute atomic E-state index is 12.2. The van der Waals surface area contributed by atoms with Gasteiger partial charge in [0, 0.05) is 24.5 Å². The maximum atomic E-state index is 12.2. The van der Waals surface area contributed by atoms with Gasteiger partial charge >= 0.3 is 5.97 Å². The molecule has 19 heavy (non-hydrogen) atoms. The van der Waals surface area contributed by atoms with E-state index in [2.05, 4.69) is 15.3 Å². The maximum Gasteiger partial charge on any atom is 0.326 e. The SMILES string of the molecule is CCOC(=O)C1(NCCCN=[N+]=[N-])CCOC(C)C1. The van der Waals surface area contributed by atoms with Crippen molar-refractivity contribution in [2.45, 2.75) is 44.8 Å². The van der Waals surface area contributed by atoms with Gasteiger partial charge in [0.1, 0.15) is 5.54 Å². The molecule has 2 unspecified atom stereocenters. The van der Waals surface area contributed by atoms with Crippen LogP contribution in [0.3, 0.4) is 0 Å². The number of azide groups is 1. The number of carbonyl (C=O) groups is 1. The molecule has 1 heterocycles. The second kappa shape index (κ2) is 7.99. The molecule has 2 atom stereocenters. The number of nitrogens with one attached hydrogen (secondary N) is 1. The van der Waals surface area contributed by atoms with Crippen molar-refractivity contribution in [1.29, 1.82) is 0 Å². The van der Waals surface area contributed by atoms with E-state index in [1.54, 1.807) is 6.92 Å². The molecule has 0 bridgehead atoms. The highest BCUT2D eigenvalue weighted by Gasteiger charge is 2.43. The molecule has 1 aliphatic rings. The lowest BCUT2D eigenvalue weighted by molar-refractivity contribution is -0.158. The van der Waals surface area contributed by atoms with Crippen molar-refractivity contribution in [2.24, 2.45) is 5.11 Å². The van der Waals surface area contributed by atoms with Gasteiger partial charge in [-0.25, -0.2) is 0 Å². The van der Waals surface area contributed by atoms with Crippen molar-refractivity contribution >= 4 is 5.97 Å². The number of hydrogen-bond donors (Lipinski definition) is 1. The van der Waals surface area contributed by atoms with Gasteiger partial charge in [-0.3, -0.25) is 4.79 Å². The van der Waals surface area contributed by atoms with E-state index < -0.39 is 5.54 Å². The molecule has 0 aromatic carbocycles. The molecule has 0 aromatic rings. The largest absolute Gasteiger partial charge is 0.465 e. The van der Waals surface area contributed by atoms with Gasteiger partial charge in [-0.1, -0.05) is 5.11 Å². The molecule has 0 amide bonds. The minimum atomic E-state index is -0.663. The smallest absolute Gasteiger partial charge is 0.326 e. The van der Waals surface area contributed by atoms with Crippen molar-refractivity contribution in [3.63, 3.8) is 0 Å². The predicted molar refractivity (Wildman–Crippen MR) is 70.6 cm³/mol. The van der Waals surface area contributed by atoms with E-state index in [1.165, 1.54) is 0 Å². The zero-order valence-electron chi connectivity index (χ0n) is 11.6. The van der Waals surface area contributed by atoms with Gasteiger partial charge in [-0.2, -0.15) is 0 Å². The molecule has 0 saturated carbocycles. The molecular weight excluding hydrogens is 248 g/mol. The van der Waals surface area contributed by atoms with Crippen LogP contribution in [-0.2, 0) is 14.3 Å². The van der Waals surface area contributed by atoms with Crippen LogP contribution in [0.4, 0.5) is 0 Å². The molecule has 0 aliphatic carbocycles. The van der Waals surface area contributed by atoms with Gasteiger partial charge in [-0.05, 0) is 38.8 Å². The molecule has 0 aromatic heterocycles. The van der Waals surface area contributed by atoms with Gasteiger partial charge in [0.25, 0.3) is 0 Å². The first kappa shape index (κ1) is 15.8. The van der Waals surface area contributed by atoms with E-state index >= 15 is 0 Å². The number of hydrogen-bond acceptors (Lipinski definition) is 5. The van der Waals surface area contributed by atoms with E-state index in [4.69, 9.17) is 15.0 Å². The van der Waals surface area contributed by atoms with Gasteiger partial charge in [0.15, 0.2) is 0 Å². The molecular formula is C12H22N4O3. The number of esters is 1. The third-order valence-electron chi connectivity index (χ3n) is 3.19. The summed E-state index contributed by atoms with van der Waals surface area (Å²) in [5.41, 5.74) is 7.54. The summed E-state index contributed by atoms with van der Waals surface area (Å²) in [5.74, 6) is -0.214. The predicted octanol–water partition coefficient (Wildman–Crippen LogP) is 1.78. The second-order valence-corrected chi connectivity index (χ2v) is 4.67. The highest BCUT2D eigenvalue weighted by Crippen LogP contribution is 2.26. The van der Waals surface area contributed by atoms with Gasteiger partial charge in [-0.15, -0.1) is 0 Å². The molecule has 0 spiro atoms. The van der Waals surface area contributed by atoms with Crippen LogP contribution in [0.25, 0.3) is 10.4 Å². The molecule has 0 radical (unpaired) electrons. The van der Waals surface area contributed by atoms with Crippen LogP contribution in [0, 0.1) is 0 Å². The zero-order valence-corrected chi connectivity index (χ0v) is 11.6. The van der Waals surface area contributed by atoms with Crippen LogP contribution in [0.1, 0.15) is 33.1 Å². The van der Waals surface area contributed by atoms with Crippen LogP contribution in [0.5, 0.6) is 0 Å². The molecule has 108 valence electrons. The number of ether oxygens (including phenoxy) is 2. The van der Waals surface area contributed by atoms with E-state index in [1.807, 2.05) is 6.92 Å². The number of carbonyl (C=O) groups excluding carboxylic acids is 1. The molecule has 1 fully saturated rings. The first-order valence-corrected chi connectivity index (χ1v) is 6.69. The van der Waals surface area contributed by atoms with Crippen LogP contribution in [0.15, 0.2) is 5.11 Å². The van der Waals surface area contributed by atoms with E-state index in [0.29, 0.717) is 45.6 Å². The van der Waals surface area contributed by atoms with Crippen molar-refractivity contribution in [3.8, 4) is 0 Å². The molecule has 7 nitrogen and oxygen atoms in total. The summed E-state index contributed by atoms with van der Waals surface area (Å²) < 4.78 is 10.7. The van der Waals surface area contributed by atoms with Crippen molar-refractivity contribution in [1.82, 2.24) is 5.32 Å². The Kier molecular flexibility index (Phi) is 6.62. The molecule has 1 rings (SSSR count). The average molecular weight is 270 g/mol. The fourth-order valence-corrected chi connectivity index (χ4v) is 2.30. The summed E-state index contributed by atoms with van der Waals surface area (Å²) in [4.78, 5) is 14.9. The highest BCUT2D eigenvalue weighted by molar-refractivity contribution is 5.81. The topological polar surface area (TPSA) is 96.3 Å². The summed E-state index contributed by atoms with van der Waals surface area (Å²) >= 11 is 0. The van der Waals surface area contributed by atoms with Crippen molar-refractivity contribution in [3.05, 3.63) is 10.4 Å². The summed E-state index contributed by atoms with van der Waals surface area (Å²) in [6.07, 6.45) is 1.94. The number of rotatable bonds is 7. The highest BCUT2D eigenvalue weighted by atomic mass is 16.5. The zero-order chi connectivity index (χ0) is 14.1. The third kappa shape index (κ3) is 4.70.